The average molecular weight is 419 g/mol. The van der Waals surface area contributed by atoms with Gasteiger partial charge in [-0.3, -0.25) is 19.8 Å². The van der Waals surface area contributed by atoms with Gasteiger partial charge < -0.3 is 10.6 Å². The zero-order chi connectivity index (χ0) is 20.8. The van der Waals surface area contributed by atoms with Gasteiger partial charge in [0.1, 0.15) is 6.54 Å². The summed E-state index contributed by atoms with van der Waals surface area (Å²) in [6, 6.07) is 2.31. The fourth-order valence-corrected chi connectivity index (χ4v) is 5.97. The number of nitrogens with zero attached hydrogens (tertiary/aromatic N) is 1. The summed E-state index contributed by atoms with van der Waals surface area (Å²) in [5, 5.41) is 9.56. The minimum absolute atomic E-state index is 0.0167. The van der Waals surface area contributed by atoms with Crippen LogP contribution >= 0.6 is 11.3 Å². The predicted molar refractivity (Wildman–Crippen MR) is 107 cm³/mol. The van der Waals surface area contributed by atoms with E-state index in [0.29, 0.717) is 16.7 Å². The Morgan fingerprint density at radius 3 is 2.76 bits per heavy atom. The summed E-state index contributed by atoms with van der Waals surface area (Å²) in [4.78, 5) is 51.1. The van der Waals surface area contributed by atoms with E-state index < -0.39 is 36.0 Å². The molecule has 8 nitrogen and oxygen atoms in total. The summed E-state index contributed by atoms with van der Waals surface area (Å²) in [6.45, 7) is 3.08. The minimum Gasteiger partial charge on any atom is -0.335 e. The molecule has 9 heteroatoms. The highest BCUT2D eigenvalue weighted by molar-refractivity contribution is 7.10. The highest BCUT2D eigenvalue weighted by Gasteiger charge is 2.50. The van der Waals surface area contributed by atoms with Gasteiger partial charge in [0.2, 0.25) is 5.91 Å². The smallest absolute Gasteiger partial charge is 0.325 e. The average Bonchev–Trinajstić information content (AvgIpc) is 3.44. The molecule has 4 rings (SSSR count). The van der Waals surface area contributed by atoms with Crippen molar-refractivity contribution in [3.05, 3.63) is 22.4 Å². The van der Waals surface area contributed by atoms with Crippen molar-refractivity contribution in [3.63, 3.8) is 0 Å². The van der Waals surface area contributed by atoms with Crippen LogP contribution in [0.1, 0.15) is 44.4 Å². The third-order valence-electron chi connectivity index (χ3n) is 6.64. The summed E-state index contributed by atoms with van der Waals surface area (Å²) >= 11 is 1.35. The third-order valence-corrected chi connectivity index (χ3v) is 7.73. The van der Waals surface area contributed by atoms with Crippen molar-refractivity contribution in [3.8, 4) is 0 Å². The van der Waals surface area contributed by atoms with Crippen molar-refractivity contribution in [2.75, 3.05) is 6.54 Å². The monoisotopic (exact) mass is 418 g/mol. The summed E-state index contributed by atoms with van der Waals surface area (Å²) in [7, 11) is 0. The Morgan fingerprint density at radius 1 is 1.34 bits per heavy atom. The molecule has 1 aliphatic heterocycles. The van der Waals surface area contributed by atoms with Gasteiger partial charge in [-0.1, -0.05) is 12.5 Å². The number of rotatable bonds is 5. The van der Waals surface area contributed by atoms with E-state index in [1.807, 2.05) is 12.3 Å². The number of hydrogen-bond acceptors (Lipinski definition) is 5. The first-order valence-corrected chi connectivity index (χ1v) is 10.9. The van der Waals surface area contributed by atoms with Crippen LogP contribution in [0.3, 0.4) is 0 Å². The molecule has 156 valence electrons. The number of fused-ring (bicyclic) bond motifs is 2. The Bertz CT molecular complexity index is 842. The number of carbonyl (C=O) groups excluding carboxylic acids is 4. The van der Waals surface area contributed by atoms with E-state index in [4.69, 9.17) is 0 Å². The van der Waals surface area contributed by atoms with Gasteiger partial charge in [0.15, 0.2) is 5.54 Å². The van der Waals surface area contributed by atoms with E-state index in [1.165, 1.54) is 30.6 Å². The molecule has 29 heavy (non-hydrogen) atoms. The van der Waals surface area contributed by atoms with Crippen LogP contribution in [0.5, 0.6) is 0 Å². The molecule has 0 aromatic carbocycles. The zero-order valence-corrected chi connectivity index (χ0v) is 17.4. The van der Waals surface area contributed by atoms with E-state index in [0.717, 1.165) is 17.2 Å². The van der Waals surface area contributed by atoms with E-state index in [2.05, 4.69) is 16.0 Å². The van der Waals surface area contributed by atoms with Crippen molar-refractivity contribution < 1.29 is 19.2 Å². The molecule has 5 atom stereocenters. The van der Waals surface area contributed by atoms with Crippen LogP contribution in [0.2, 0.25) is 0 Å². The largest absolute Gasteiger partial charge is 0.335 e. The molecule has 1 aromatic heterocycles. The summed E-state index contributed by atoms with van der Waals surface area (Å²) in [6.07, 6.45) is 4.88. The number of thiophene rings is 1. The van der Waals surface area contributed by atoms with Gasteiger partial charge in [-0.05, 0) is 62.3 Å². The second kappa shape index (κ2) is 7.44. The van der Waals surface area contributed by atoms with Crippen LogP contribution in [0, 0.1) is 17.8 Å². The standard InChI is InChI=1S/C20H26N4O4S/c1-11(14-9-12-5-6-13(14)8-12)21-18(27)22-16(25)10-24-17(26)20(2,23-19(24)28)15-4-3-7-29-15/h3-4,7,11-14H,5-6,8-10H2,1-2H3,(H,23,28)(H2,21,22,25,27). The topological polar surface area (TPSA) is 108 Å². The SMILES string of the molecule is CC(NC(=O)NC(=O)CN1C(=O)NC(C)(c2cccs2)C1=O)C1CC2CCC1C2. The number of carbonyl (C=O) groups is 4. The van der Waals surface area contributed by atoms with Crippen LogP contribution in [0.4, 0.5) is 9.59 Å². The molecule has 2 heterocycles. The molecule has 3 fully saturated rings. The van der Waals surface area contributed by atoms with Crippen molar-refractivity contribution in [2.24, 2.45) is 17.8 Å². The number of urea groups is 2. The van der Waals surface area contributed by atoms with Gasteiger partial charge in [0.05, 0.1) is 0 Å². The molecule has 0 spiro atoms. The van der Waals surface area contributed by atoms with Gasteiger partial charge >= 0.3 is 12.1 Å². The molecule has 1 aromatic rings. The molecule has 6 amide bonds. The van der Waals surface area contributed by atoms with Crippen LogP contribution in [-0.4, -0.2) is 41.4 Å². The normalized spacial score (nSPS) is 31.7. The van der Waals surface area contributed by atoms with Crippen molar-refractivity contribution in [2.45, 2.75) is 51.1 Å². The van der Waals surface area contributed by atoms with Crippen molar-refractivity contribution in [1.82, 2.24) is 20.9 Å². The molecule has 3 N–H and O–H groups in total. The first kappa shape index (κ1) is 19.9. The Labute approximate surface area is 173 Å². The number of imide groups is 2. The molecule has 2 saturated carbocycles. The number of hydrogen-bond donors (Lipinski definition) is 3. The fourth-order valence-electron chi connectivity index (χ4n) is 5.14. The number of nitrogens with one attached hydrogen (secondary N) is 3. The molecular weight excluding hydrogens is 392 g/mol. The second-order valence-corrected chi connectivity index (χ2v) is 9.52. The first-order chi connectivity index (χ1) is 13.8. The summed E-state index contributed by atoms with van der Waals surface area (Å²) < 4.78 is 0. The molecular formula is C20H26N4O4S. The Balaban J connectivity index is 1.30. The highest BCUT2D eigenvalue weighted by atomic mass is 32.1. The van der Waals surface area contributed by atoms with Crippen molar-refractivity contribution >= 4 is 35.2 Å². The van der Waals surface area contributed by atoms with Crippen LogP contribution in [0.25, 0.3) is 0 Å². The van der Waals surface area contributed by atoms with E-state index in [-0.39, 0.29) is 6.04 Å². The molecule has 0 radical (unpaired) electrons. The zero-order valence-electron chi connectivity index (χ0n) is 16.6. The molecule has 5 unspecified atom stereocenters. The van der Waals surface area contributed by atoms with E-state index in [1.54, 1.807) is 19.1 Å². The lowest BCUT2D eigenvalue weighted by Crippen LogP contribution is -2.50. The molecule has 1 saturated heterocycles. The molecule has 2 bridgehead atoms. The molecule has 2 aliphatic carbocycles. The van der Waals surface area contributed by atoms with Crippen molar-refractivity contribution in [1.29, 1.82) is 0 Å². The lowest BCUT2D eigenvalue weighted by Gasteiger charge is -2.28. The summed E-state index contributed by atoms with van der Waals surface area (Å²) in [5.74, 6) is 0.688. The Hall–Kier alpha value is -2.42. The predicted octanol–water partition coefficient (Wildman–Crippen LogP) is 2.17. The third kappa shape index (κ3) is 3.63. The lowest BCUT2D eigenvalue weighted by molar-refractivity contribution is -0.134. The van der Waals surface area contributed by atoms with E-state index in [9.17, 15) is 19.2 Å². The lowest BCUT2D eigenvalue weighted by atomic mass is 9.84. The highest BCUT2D eigenvalue weighted by Crippen LogP contribution is 2.49. The second-order valence-electron chi connectivity index (χ2n) is 8.57. The maximum Gasteiger partial charge on any atom is 0.325 e. The van der Waals surface area contributed by atoms with E-state index >= 15 is 0 Å². The maximum atomic E-state index is 12.8. The fraction of sp³-hybridized carbons (Fsp3) is 0.600. The maximum absolute atomic E-state index is 12.8. The van der Waals surface area contributed by atoms with Crippen LogP contribution in [0.15, 0.2) is 17.5 Å². The molecule has 3 aliphatic rings. The number of amides is 6. The minimum atomic E-state index is -1.19. The van der Waals surface area contributed by atoms with Gasteiger partial charge in [0.25, 0.3) is 5.91 Å². The van der Waals surface area contributed by atoms with Crippen LogP contribution in [-0.2, 0) is 15.1 Å². The summed E-state index contributed by atoms with van der Waals surface area (Å²) in [5.41, 5.74) is -1.19. The van der Waals surface area contributed by atoms with Gasteiger partial charge in [0, 0.05) is 10.9 Å². The van der Waals surface area contributed by atoms with Crippen LogP contribution < -0.4 is 16.0 Å². The first-order valence-electron chi connectivity index (χ1n) is 10.1. The van der Waals surface area contributed by atoms with Gasteiger partial charge in [-0.15, -0.1) is 11.3 Å². The quantitative estimate of drug-likeness (QED) is 0.637. The Kier molecular flexibility index (Phi) is 5.10. The Morgan fingerprint density at radius 2 is 2.14 bits per heavy atom. The van der Waals surface area contributed by atoms with Gasteiger partial charge in [-0.2, -0.15) is 0 Å². The van der Waals surface area contributed by atoms with Gasteiger partial charge in [-0.25, -0.2) is 9.59 Å².